The third kappa shape index (κ3) is 7.15. The first-order valence-electron chi connectivity index (χ1n) is 9.29. The number of ether oxygens (including phenoxy) is 1. The highest BCUT2D eigenvalue weighted by atomic mass is 19.3. The van der Waals surface area contributed by atoms with Gasteiger partial charge in [0.15, 0.2) is 5.96 Å². The normalized spacial score (nSPS) is 15.5. The quantitative estimate of drug-likeness (QED) is 0.399. The highest BCUT2D eigenvalue weighted by Gasteiger charge is 2.11. The number of benzene rings is 1. The van der Waals surface area contributed by atoms with Gasteiger partial charge in [0.2, 0.25) is 0 Å². The summed E-state index contributed by atoms with van der Waals surface area (Å²) in [7, 11) is 1.70. The van der Waals surface area contributed by atoms with Crippen LogP contribution in [0.1, 0.15) is 36.8 Å². The summed E-state index contributed by atoms with van der Waals surface area (Å²) in [5.74, 6) is 0.856. The molecule has 0 radical (unpaired) electrons. The highest BCUT2D eigenvalue weighted by Crippen LogP contribution is 2.21. The van der Waals surface area contributed by atoms with Crippen LogP contribution in [-0.2, 0) is 6.54 Å². The Hall–Kier alpha value is -1.89. The Bertz CT molecular complexity index is 575. The van der Waals surface area contributed by atoms with Gasteiger partial charge in [0.05, 0.1) is 0 Å². The van der Waals surface area contributed by atoms with E-state index in [1.807, 2.05) is 13.0 Å². The number of rotatable bonds is 9. The van der Waals surface area contributed by atoms with Crippen molar-refractivity contribution in [2.45, 2.75) is 45.8 Å². The van der Waals surface area contributed by atoms with Crippen LogP contribution in [-0.4, -0.2) is 50.7 Å². The fourth-order valence-corrected chi connectivity index (χ4v) is 3.13. The summed E-state index contributed by atoms with van der Waals surface area (Å²) in [6, 6.07) is 5.18. The van der Waals surface area contributed by atoms with Crippen molar-refractivity contribution in [1.82, 2.24) is 15.5 Å². The number of halogens is 2. The number of hydrogen-bond donors (Lipinski definition) is 2. The van der Waals surface area contributed by atoms with Gasteiger partial charge in [-0.1, -0.05) is 17.7 Å². The molecule has 1 heterocycles. The monoisotopic (exact) mass is 368 g/mol. The largest absolute Gasteiger partial charge is 0.434 e. The lowest BCUT2D eigenvalue weighted by Crippen LogP contribution is -2.37. The predicted molar refractivity (Wildman–Crippen MR) is 101 cm³/mol. The maximum atomic E-state index is 12.5. The summed E-state index contributed by atoms with van der Waals surface area (Å²) in [4.78, 5) is 6.70. The van der Waals surface area contributed by atoms with Gasteiger partial charge in [-0.25, -0.2) is 0 Å². The Morgan fingerprint density at radius 3 is 2.69 bits per heavy atom. The third-order valence-corrected chi connectivity index (χ3v) is 4.49. The van der Waals surface area contributed by atoms with E-state index in [9.17, 15) is 8.78 Å². The zero-order valence-electron chi connectivity index (χ0n) is 15.7. The van der Waals surface area contributed by atoms with Gasteiger partial charge in [-0.15, -0.1) is 0 Å². The molecule has 1 saturated heterocycles. The molecule has 146 valence electrons. The van der Waals surface area contributed by atoms with Gasteiger partial charge in [-0.3, -0.25) is 4.99 Å². The first-order valence-corrected chi connectivity index (χ1v) is 9.29. The minimum atomic E-state index is -2.83. The summed E-state index contributed by atoms with van der Waals surface area (Å²) in [5.41, 5.74) is 1.68. The number of unbranched alkanes of at least 4 members (excludes halogenated alkanes) is 1. The molecular weight excluding hydrogens is 338 g/mol. The second kappa shape index (κ2) is 11.0. The number of nitrogens with one attached hydrogen (secondary N) is 2. The van der Waals surface area contributed by atoms with Crippen LogP contribution in [0.5, 0.6) is 5.75 Å². The first-order chi connectivity index (χ1) is 12.6. The Labute approximate surface area is 154 Å². The Balaban J connectivity index is 1.73. The topological polar surface area (TPSA) is 48.9 Å². The van der Waals surface area contributed by atoms with Crippen LogP contribution >= 0.6 is 0 Å². The van der Waals surface area contributed by atoms with E-state index in [1.165, 1.54) is 25.9 Å². The van der Waals surface area contributed by atoms with E-state index in [0.717, 1.165) is 31.5 Å². The average Bonchev–Trinajstić information content (AvgIpc) is 3.12. The van der Waals surface area contributed by atoms with Crippen molar-refractivity contribution in [3.63, 3.8) is 0 Å². The van der Waals surface area contributed by atoms with E-state index in [-0.39, 0.29) is 5.75 Å². The fourth-order valence-electron chi connectivity index (χ4n) is 3.13. The lowest BCUT2D eigenvalue weighted by Gasteiger charge is -2.16. The van der Waals surface area contributed by atoms with Crippen molar-refractivity contribution < 1.29 is 13.5 Å². The first kappa shape index (κ1) is 20.4. The molecule has 0 saturated carbocycles. The molecule has 1 aromatic rings. The molecule has 2 N–H and O–H groups in total. The number of guanidine groups is 1. The molecule has 0 spiro atoms. The SMILES string of the molecule is CN=C(NCCCCN1CCCC1)NCc1cc(C)ccc1OC(F)F. The summed E-state index contributed by atoms with van der Waals surface area (Å²) in [5, 5.41) is 6.43. The molecule has 0 unspecified atom stereocenters. The number of hydrogen-bond acceptors (Lipinski definition) is 3. The highest BCUT2D eigenvalue weighted by molar-refractivity contribution is 5.79. The Kier molecular flexibility index (Phi) is 8.61. The molecule has 0 atom stereocenters. The number of aryl methyl sites for hydroxylation is 1. The molecule has 1 aliphatic rings. The van der Waals surface area contributed by atoms with Crippen LogP contribution in [0.4, 0.5) is 8.78 Å². The molecule has 2 rings (SSSR count). The second-order valence-electron chi connectivity index (χ2n) is 6.60. The number of likely N-dealkylation sites (tertiary alicyclic amines) is 1. The maximum absolute atomic E-state index is 12.5. The van der Waals surface area contributed by atoms with E-state index in [1.54, 1.807) is 19.2 Å². The second-order valence-corrected chi connectivity index (χ2v) is 6.60. The molecule has 7 heteroatoms. The molecule has 1 aliphatic heterocycles. The average molecular weight is 368 g/mol. The van der Waals surface area contributed by atoms with Gasteiger partial charge in [0.25, 0.3) is 0 Å². The Morgan fingerprint density at radius 1 is 1.23 bits per heavy atom. The molecule has 26 heavy (non-hydrogen) atoms. The van der Waals surface area contributed by atoms with Crippen molar-refractivity contribution in [3.05, 3.63) is 29.3 Å². The number of aliphatic imine (C=N–C) groups is 1. The zero-order chi connectivity index (χ0) is 18.8. The van der Waals surface area contributed by atoms with Crippen molar-refractivity contribution in [1.29, 1.82) is 0 Å². The van der Waals surface area contributed by atoms with Crippen molar-refractivity contribution in [2.24, 2.45) is 4.99 Å². The van der Waals surface area contributed by atoms with E-state index < -0.39 is 6.61 Å². The van der Waals surface area contributed by atoms with Gasteiger partial charge in [0.1, 0.15) is 5.75 Å². The van der Waals surface area contributed by atoms with E-state index >= 15 is 0 Å². The molecule has 1 aromatic carbocycles. The van der Waals surface area contributed by atoms with Crippen LogP contribution in [0.25, 0.3) is 0 Å². The molecule has 0 aliphatic carbocycles. The van der Waals surface area contributed by atoms with Crippen molar-refractivity contribution in [2.75, 3.05) is 33.2 Å². The number of nitrogens with zero attached hydrogens (tertiary/aromatic N) is 2. The Morgan fingerprint density at radius 2 is 2.00 bits per heavy atom. The minimum absolute atomic E-state index is 0.194. The van der Waals surface area contributed by atoms with Gasteiger partial charge in [0, 0.05) is 25.7 Å². The van der Waals surface area contributed by atoms with Crippen LogP contribution in [0.3, 0.4) is 0 Å². The summed E-state index contributed by atoms with van der Waals surface area (Å²) < 4.78 is 29.7. The van der Waals surface area contributed by atoms with Gasteiger partial charge in [-0.05, 0) is 58.3 Å². The van der Waals surface area contributed by atoms with E-state index in [2.05, 4.69) is 25.3 Å². The van der Waals surface area contributed by atoms with E-state index in [0.29, 0.717) is 18.1 Å². The fraction of sp³-hybridized carbons (Fsp3) is 0.632. The third-order valence-electron chi connectivity index (χ3n) is 4.49. The molecule has 1 fully saturated rings. The van der Waals surface area contributed by atoms with Crippen LogP contribution in [0.15, 0.2) is 23.2 Å². The molecule has 5 nitrogen and oxygen atoms in total. The van der Waals surface area contributed by atoms with Gasteiger partial charge >= 0.3 is 6.61 Å². The smallest absolute Gasteiger partial charge is 0.387 e. The van der Waals surface area contributed by atoms with Crippen molar-refractivity contribution in [3.8, 4) is 5.75 Å². The molecule has 0 amide bonds. The maximum Gasteiger partial charge on any atom is 0.387 e. The standard InChI is InChI=1S/C19H30F2N4O/c1-15-7-8-17(26-18(20)21)16(13-15)14-24-19(22-2)23-9-3-4-10-25-11-5-6-12-25/h7-8,13,18H,3-6,9-12,14H2,1-2H3,(H2,22,23,24). The minimum Gasteiger partial charge on any atom is -0.434 e. The van der Waals surface area contributed by atoms with Gasteiger partial charge < -0.3 is 20.3 Å². The van der Waals surface area contributed by atoms with E-state index in [4.69, 9.17) is 0 Å². The van der Waals surface area contributed by atoms with Crippen LogP contribution in [0.2, 0.25) is 0 Å². The lowest BCUT2D eigenvalue weighted by molar-refractivity contribution is -0.0504. The zero-order valence-corrected chi connectivity index (χ0v) is 15.7. The number of alkyl halides is 2. The summed E-state index contributed by atoms with van der Waals surface area (Å²) in [6.45, 7) is 3.92. The summed E-state index contributed by atoms with van der Waals surface area (Å²) >= 11 is 0. The van der Waals surface area contributed by atoms with Gasteiger partial charge in [-0.2, -0.15) is 8.78 Å². The predicted octanol–water partition coefficient (Wildman–Crippen LogP) is 3.14. The van der Waals surface area contributed by atoms with Crippen molar-refractivity contribution >= 4 is 5.96 Å². The molecule has 0 bridgehead atoms. The van der Waals surface area contributed by atoms with Crippen LogP contribution < -0.4 is 15.4 Å². The molecular formula is C19H30F2N4O. The van der Waals surface area contributed by atoms with Crippen LogP contribution in [0, 0.1) is 6.92 Å². The lowest BCUT2D eigenvalue weighted by atomic mass is 10.1. The summed E-state index contributed by atoms with van der Waals surface area (Å²) in [6.07, 6.45) is 4.88. The molecule has 0 aromatic heterocycles.